The highest BCUT2D eigenvalue weighted by Gasteiger charge is 2.14. The van der Waals surface area contributed by atoms with Gasteiger partial charge in [-0.3, -0.25) is 0 Å². The van der Waals surface area contributed by atoms with Gasteiger partial charge >= 0.3 is 0 Å². The molecule has 0 saturated carbocycles. The highest BCUT2D eigenvalue weighted by Crippen LogP contribution is 2.28. The van der Waals surface area contributed by atoms with Gasteiger partial charge in [-0.05, 0) is 43.0 Å². The molecule has 0 amide bonds. The van der Waals surface area contributed by atoms with Crippen LogP contribution < -0.4 is 10.5 Å². The number of methoxy groups -OCH3 is 1. The van der Waals surface area contributed by atoms with Crippen molar-refractivity contribution in [1.29, 1.82) is 0 Å². The first-order valence-corrected chi connectivity index (χ1v) is 6.26. The van der Waals surface area contributed by atoms with Gasteiger partial charge in [0, 0.05) is 10.5 Å². The molecular formula is C13H16BrNO. The largest absolute Gasteiger partial charge is 0.496 e. The van der Waals surface area contributed by atoms with E-state index in [-0.39, 0.29) is 6.04 Å². The fourth-order valence-electron chi connectivity index (χ4n) is 2.10. The Morgan fingerprint density at radius 3 is 2.94 bits per heavy atom. The molecule has 86 valence electrons. The van der Waals surface area contributed by atoms with Gasteiger partial charge < -0.3 is 10.5 Å². The van der Waals surface area contributed by atoms with Gasteiger partial charge in [-0.2, -0.15) is 0 Å². The van der Waals surface area contributed by atoms with Crippen molar-refractivity contribution in [3.8, 4) is 5.75 Å². The monoisotopic (exact) mass is 281 g/mol. The summed E-state index contributed by atoms with van der Waals surface area (Å²) in [5.74, 6) is 0.949. The maximum absolute atomic E-state index is 5.86. The van der Waals surface area contributed by atoms with Gasteiger partial charge in [0.2, 0.25) is 0 Å². The van der Waals surface area contributed by atoms with Crippen molar-refractivity contribution in [3.63, 3.8) is 0 Å². The van der Waals surface area contributed by atoms with E-state index in [9.17, 15) is 0 Å². The molecule has 16 heavy (non-hydrogen) atoms. The van der Waals surface area contributed by atoms with Crippen LogP contribution in [0.1, 0.15) is 18.4 Å². The number of halogens is 1. The third-order valence-corrected chi connectivity index (χ3v) is 3.40. The highest BCUT2D eigenvalue weighted by atomic mass is 79.9. The predicted molar refractivity (Wildman–Crippen MR) is 69.7 cm³/mol. The Bertz CT molecular complexity index is 414. The van der Waals surface area contributed by atoms with Crippen molar-refractivity contribution in [2.75, 3.05) is 7.11 Å². The van der Waals surface area contributed by atoms with Gasteiger partial charge in [0.1, 0.15) is 5.75 Å². The topological polar surface area (TPSA) is 35.2 Å². The first kappa shape index (κ1) is 11.7. The fourth-order valence-corrected chi connectivity index (χ4v) is 2.51. The van der Waals surface area contributed by atoms with Crippen molar-refractivity contribution in [1.82, 2.24) is 0 Å². The second kappa shape index (κ2) is 5.02. The number of nitrogens with two attached hydrogens (primary N) is 1. The Morgan fingerprint density at radius 2 is 2.31 bits per heavy atom. The van der Waals surface area contributed by atoms with E-state index in [1.165, 1.54) is 11.1 Å². The minimum atomic E-state index is 0.244. The summed E-state index contributed by atoms with van der Waals surface area (Å²) >= 11 is 3.49. The Hall–Kier alpha value is -0.800. The van der Waals surface area contributed by atoms with Crippen LogP contribution in [0.15, 0.2) is 34.3 Å². The van der Waals surface area contributed by atoms with Crippen LogP contribution in [0, 0.1) is 0 Å². The van der Waals surface area contributed by atoms with Crippen LogP contribution >= 0.6 is 15.9 Å². The molecule has 0 bridgehead atoms. The molecule has 2 N–H and O–H groups in total. The van der Waals surface area contributed by atoms with Crippen LogP contribution in [0.3, 0.4) is 0 Å². The van der Waals surface area contributed by atoms with E-state index >= 15 is 0 Å². The first-order chi connectivity index (χ1) is 7.69. The summed E-state index contributed by atoms with van der Waals surface area (Å²) in [6.07, 6.45) is 5.30. The van der Waals surface area contributed by atoms with Gasteiger partial charge in [0.05, 0.1) is 7.11 Å². The molecule has 0 aromatic heterocycles. The SMILES string of the molecule is COc1ccc(Br)cc1CC1=CC(N)CC1. The summed E-state index contributed by atoms with van der Waals surface area (Å²) in [5.41, 5.74) is 8.50. The molecule has 1 aromatic carbocycles. The van der Waals surface area contributed by atoms with Crippen molar-refractivity contribution < 1.29 is 4.74 Å². The molecule has 0 spiro atoms. The lowest BCUT2D eigenvalue weighted by atomic mass is 10.0. The lowest BCUT2D eigenvalue weighted by Crippen LogP contribution is -2.11. The smallest absolute Gasteiger partial charge is 0.122 e. The van der Waals surface area contributed by atoms with Gasteiger partial charge in [0.25, 0.3) is 0 Å². The summed E-state index contributed by atoms with van der Waals surface area (Å²) in [5, 5.41) is 0. The van der Waals surface area contributed by atoms with Crippen LogP contribution in [-0.2, 0) is 6.42 Å². The minimum absolute atomic E-state index is 0.244. The molecule has 1 aliphatic rings. The molecule has 2 nitrogen and oxygen atoms in total. The van der Waals surface area contributed by atoms with Gasteiger partial charge in [-0.1, -0.05) is 27.6 Å². The Balaban J connectivity index is 2.20. The first-order valence-electron chi connectivity index (χ1n) is 5.46. The summed E-state index contributed by atoms with van der Waals surface area (Å²) < 4.78 is 6.45. The quantitative estimate of drug-likeness (QED) is 0.865. The van der Waals surface area contributed by atoms with Crippen LogP contribution in [0.4, 0.5) is 0 Å². The molecule has 2 rings (SSSR count). The van der Waals surface area contributed by atoms with Gasteiger partial charge in [-0.15, -0.1) is 0 Å². The average Bonchev–Trinajstić information content (AvgIpc) is 2.64. The maximum Gasteiger partial charge on any atom is 0.122 e. The summed E-state index contributed by atoms with van der Waals surface area (Å²) in [4.78, 5) is 0. The second-order valence-corrected chi connectivity index (χ2v) is 5.08. The fraction of sp³-hybridized carbons (Fsp3) is 0.385. The molecule has 1 aliphatic carbocycles. The Kier molecular flexibility index (Phi) is 3.66. The summed E-state index contributed by atoms with van der Waals surface area (Å²) in [6, 6.07) is 6.35. The molecule has 0 saturated heterocycles. The van der Waals surface area contributed by atoms with Crippen molar-refractivity contribution >= 4 is 15.9 Å². The number of hydrogen-bond acceptors (Lipinski definition) is 2. The van der Waals surface area contributed by atoms with E-state index in [1.807, 2.05) is 12.1 Å². The highest BCUT2D eigenvalue weighted by molar-refractivity contribution is 9.10. The zero-order chi connectivity index (χ0) is 11.5. The van der Waals surface area contributed by atoms with E-state index in [2.05, 4.69) is 28.1 Å². The normalized spacial score (nSPS) is 19.7. The molecule has 1 atom stereocenters. The predicted octanol–water partition coefficient (Wildman–Crippen LogP) is 3.05. The van der Waals surface area contributed by atoms with E-state index in [0.717, 1.165) is 29.5 Å². The molecular weight excluding hydrogens is 266 g/mol. The third-order valence-electron chi connectivity index (χ3n) is 2.91. The lowest BCUT2D eigenvalue weighted by Gasteiger charge is -2.09. The molecule has 0 aliphatic heterocycles. The van der Waals surface area contributed by atoms with E-state index in [4.69, 9.17) is 10.5 Å². The summed E-state index contributed by atoms with van der Waals surface area (Å²) in [7, 11) is 1.71. The number of rotatable bonds is 3. The minimum Gasteiger partial charge on any atom is -0.496 e. The number of benzene rings is 1. The Morgan fingerprint density at radius 1 is 1.50 bits per heavy atom. The standard InChI is InChI=1S/C13H16BrNO/c1-16-13-5-3-11(14)8-10(13)6-9-2-4-12(15)7-9/h3,5,7-8,12H,2,4,6,15H2,1H3. The lowest BCUT2D eigenvalue weighted by molar-refractivity contribution is 0.410. The van der Waals surface area contributed by atoms with Crippen LogP contribution in [0.25, 0.3) is 0 Å². The van der Waals surface area contributed by atoms with Crippen LogP contribution in [0.5, 0.6) is 5.75 Å². The third kappa shape index (κ3) is 2.66. The van der Waals surface area contributed by atoms with E-state index < -0.39 is 0 Å². The van der Waals surface area contributed by atoms with Crippen molar-refractivity contribution in [2.45, 2.75) is 25.3 Å². The number of hydrogen-bond donors (Lipinski definition) is 1. The van der Waals surface area contributed by atoms with Crippen molar-refractivity contribution in [2.24, 2.45) is 5.73 Å². The van der Waals surface area contributed by atoms with Crippen LogP contribution in [-0.4, -0.2) is 13.2 Å². The molecule has 0 radical (unpaired) electrons. The maximum atomic E-state index is 5.86. The van der Waals surface area contributed by atoms with Crippen molar-refractivity contribution in [3.05, 3.63) is 39.9 Å². The second-order valence-electron chi connectivity index (χ2n) is 4.16. The molecule has 1 unspecified atom stereocenters. The van der Waals surface area contributed by atoms with E-state index in [1.54, 1.807) is 7.11 Å². The van der Waals surface area contributed by atoms with E-state index in [0.29, 0.717) is 0 Å². The van der Waals surface area contributed by atoms with Crippen LogP contribution in [0.2, 0.25) is 0 Å². The summed E-state index contributed by atoms with van der Waals surface area (Å²) in [6.45, 7) is 0. The molecule has 3 heteroatoms. The van der Waals surface area contributed by atoms with Gasteiger partial charge in [0.15, 0.2) is 0 Å². The Labute approximate surface area is 105 Å². The zero-order valence-electron chi connectivity index (χ0n) is 9.37. The molecule has 1 aromatic rings. The zero-order valence-corrected chi connectivity index (χ0v) is 11.0. The number of ether oxygens (including phenoxy) is 1. The molecule has 0 heterocycles. The number of allylic oxidation sites excluding steroid dienone is 1. The molecule has 0 fully saturated rings. The van der Waals surface area contributed by atoms with Gasteiger partial charge in [-0.25, -0.2) is 0 Å². The average molecular weight is 282 g/mol.